The van der Waals surface area contributed by atoms with E-state index in [0.717, 1.165) is 39.6 Å². The highest BCUT2D eigenvalue weighted by molar-refractivity contribution is 5.91. The maximum Gasteiger partial charge on any atom is 0.156 e. The number of nitrogens with one attached hydrogen (secondary N) is 1. The molecule has 1 aliphatic rings. The van der Waals surface area contributed by atoms with E-state index in [1.807, 2.05) is 26.0 Å². The number of carbonyl (C=O) groups excluding carboxylic acids is 1. The monoisotopic (exact) mass is 272 g/mol. The van der Waals surface area contributed by atoms with Crippen molar-refractivity contribution in [1.82, 2.24) is 5.16 Å². The van der Waals surface area contributed by atoms with Gasteiger partial charge in [0.15, 0.2) is 5.78 Å². The average Bonchev–Trinajstić information content (AvgIpc) is 2.76. The number of ketones is 1. The number of methoxy groups -OCH3 is 1. The number of hydrogen-bond donors (Lipinski definition) is 1. The summed E-state index contributed by atoms with van der Waals surface area (Å²) in [4.78, 5) is 11.5. The summed E-state index contributed by atoms with van der Waals surface area (Å²) in [6.45, 7) is 4.16. The fraction of sp³-hybridized carbons (Fsp3) is 0.333. The lowest BCUT2D eigenvalue weighted by Gasteiger charge is -2.20. The number of carbonyl (C=O) groups is 1. The maximum absolute atomic E-state index is 11.5. The third-order valence-corrected chi connectivity index (χ3v) is 3.59. The minimum Gasteiger partial charge on any atom is -0.496 e. The molecule has 0 saturated carbocycles. The molecule has 0 saturated heterocycles. The van der Waals surface area contributed by atoms with Crippen LogP contribution in [-0.4, -0.2) is 24.6 Å². The van der Waals surface area contributed by atoms with Gasteiger partial charge in [-0.05, 0) is 31.5 Å². The fourth-order valence-electron chi connectivity index (χ4n) is 2.63. The second kappa shape index (κ2) is 4.67. The summed E-state index contributed by atoms with van der Waals surface area (Å²) >= 11 is 0. The van der Waals surface area contributed by atoms with Gasteiger partial charge in [-0.1, -0.05) is 5.16 Å². The van der Waals surface area contributed by atoms with Gasteiger partial charge in [-0.2, -0.15) is 0 Å². The standard InChI is InChI=1S/C15H16N2O3/c1-8-15(9(2)20-17-8)12-6-13-10(5-14(12)19-3)4-11(18)7-16-13/h5-6,16H,4,7H2,1-3H3. The van der Waals surface area contributed by atoms with E-state index in [4.69, 9.17) is 9.26 Å². The molecule has 0 bridgehead atoms. The van der Waals surface area contributed by atoms with Crippen LogP contribution in [0, 0.1) is 13.8 Å². The van der Waals surface area contributed by atoms with Gasteiger partial charge in [0.25, 0.3) is 0 Å². The summed E-state index contributed by atoms with van der Waals surface area (Å²) in [5.41, 5.74) is 4.65. The van der Waals surface area contributed by atoms with Crippen molar-refractivity contribution in [2.24, 2.45) is 0 Å². The second-order valence-electron chi connectivity index (χ2n) is 4.98. The molecule has 2 aromatic rings. The van der Waals surface area contributed by atoms with Crippen molar-refractivity contribution >= 4 is 11.5 Å². The molecule has 0 atom stereocenters. The highest BCUT2D eigenvalue weighted by Gasteiger charge is 2.21. The van der Waals surface area contributed by atoms with Crippen LogP contribution < -0.4 is 10.1 Å². The topological polar surface area (TPSA) is 64.4 Å². The molecule has 0 fully saturated rings. The van der Waals surface area contributed by atoms with E-state index in [1.54, 1.807) is 7.11 Å². The first-order valence-electron chi connectivity index (χ1n) is 6.50. The minimum atomic E-state index is 0.185. The highest BCUT2D eigenvalue weighted by Crippen LogP contribution is 2.39. The quantitative estimate of drug-likeness (QED) is 0.910. The van der Waals surface area contributed by atoms with Crippen LogP contribution >= 0.6 is 0 Å². The van der Waals surface area contributed by atoms with Crippen LogP contribution in [-0.2, 0) is 11.2 Å². The van der Waals surface area contributed by atoms with E-state index < -0.39 is 0 Å². The van der Waals surface area contributed by atoms with Gasteiger partial charge in [0.2, 0.25) is 0 Å². The molecule has 5 nitrogen and oxygen atoms in total. The second-order valence-corrected chi connectivity index (χ2v) is 4.98. The molecule has 1 N–H and O–H groups in total. The zero-order chi connectivity index (χ0) is 14.3. The molecule has 5 heteroatoms. The number of aromatic nitrogens is 1. The van der Waals surface area contributed by atoms with Gasteiger partial charge >= 0.3 is 0 Å². The Hall–Kier alpha value is -2.30. The molecule has 104 valence electrons. The third kappa shape index (κ3) is 1.95. The largest absolute Gasteiger partial charge is 0.496 e. The van der Waals surface area contributed by atoms with Gasteiger partial charge in [0.1, 0.15) is 11.5 Å². The van der Waals surface area contributed by atoms with Gasteiger partial charge in [0.05, 0.1) is 24.9 Å². The van der Waals surface area contributed by atoms with Crippen LogP contribution in [0.3, 0.4) is 0 Å². The van der Waals surface area contributed by atoms with Crippen LogP contribution in [0.15, 0.2) is 16.7 Å². The summed E-state index contributed by atoms with van der Waals surface area (Å²) in [5, 5.41) is 7.14. The third-order valence-electron chi connectivity index (χ3n) is 3.59. The molecule has 0 unspecified atom stereocenters. The van der Waals surface area contributed by atoms with E-state index in [-0.39, 0.29) is 5.78 Å². The molecular weight excluding hydrogens is 256 g/mol. The van der Waals surface area contributed by atoms with Crippen LogP contribution in [0.1, 0.15) is 17.0 Å². The Bertz CT molecular complexity index is 669. The van der Waals surface area contributed by atoms with Crippen LogP contribution in [0.4, 0.5) is 5.69 Å². The fourth-order valence-corrected chi connectivity index (χ4v) is 2.63. The number of nitrogens with zero attached hydrogens (tertiary/aromatic N) is 1. The molecule has 0 spiro atoms. The Morgan fingerprint density at radius 3 is 2.80 bits per heavy atom. The molecule has 2 heterocycles. The van der Waals surface area contributed by atoms with Crippen molar-refractivity contribution < 1.29 is 14.1 Å². The Balaban J connectivity index is 2.19. The van der Waals surface area contributed by atoms with Gasteiger partial charge in [0, 0.05) is 17.7 Å². The number of fused-ring (bicyclic) bond motifs is 1. The van der Waals surface area contributed by atoms with Crippen LogP contribution in [0.2, 0.25) is 0 Å². The number of Topliss-reactive ketones (excluding diaryl/α,β-unsaturated/α-hetero) is 1. The van der Waals surface area contributed by atoms with E-state index in [2.05, 4.69) is 10.5 Å². The minimum absolute atomic E-state index is 0.185. The molecular formula is C15H16N2O3. The number of rotatable bonds is 2. The maximum atomic E-state index is 11.5. The lowest BCUT2D eigenvalue weighted by molar-refractivity contribution is -0.117. The van der Waals surface area contributed by atoms with Crippen LogP contribution in [0.5, 0.6) is 5.75 Å². The van der Waals surface area contributed by atoms with Gasteiger partial charge in [-0.3, -0.25) is 4.79 Å². The van der Waals surface area contributed by atoms with Crippen molar-refractivity contribution in [3.05, 3.63) is 29.2 Å². The van der Waals surface area contributed by atoms with E-state index >= 15 is 0 Å². The Labute approximate surface area is 116 Å². The first-order chi connectivity index (χ1) is 9.60. The number of aryl methyl sites for hydroxylation is 2. The predicted molar refractivity (Wildman–Crippen MR) is 75.2 cm³/mol. The van der Waals surface area contributed by atoms with Crippen LogP contribution in [0.25, 0.3) is 11.1 Å². The van der Waals surface area contributed by atoms with Crippen molar-refractivity contribution in [3.8, 4) is 16.9 Å². The first kappa shape index (κ1) is 12.7. The zero-order valence-corrected chi connectivity index (χ0v) is 11.7. The molecule has 0 aliphatic carbocycles. The SMILES string of the molecule is COc1cc2c(cc1-c1c(C)noc1C)NCC(=O)C2. The Kier molecular flexibility index (Phi) is 2.97. The summed E-state index contributed by atoms with van der Waals surface area (Å²) in [5.74, 6) is 1.67. The van der Waals surface area contributed by atoms with E-state index in [9.17, 15) is 4.79 Å². The molecule has 1 aliphatic heterocycles. The number of hydrogen-bond acceptors (Lipinski definition) is 5. The molecule has 0 radical (unpaired) electrons. The lowest BCUT2D eigenvalue weighted by atomic mass is 9.95. The number of anilines is 1. The summed E-state index contributed by atoms with van der Waals surface area (Å²) in [7, 11) is 1.63. The number of ether oxygens (including phenoxy) is 1. The van der Waals surface area contributed by atoms with Crippen molar-refractivity contribution in [2.75, 3.05) is 19.0 Å². The summed E-state index contributed by atoms with van der Waals surface area (Å²) in [6.07, 6.45) is 0.445. The van der Waals surface area contributed by atoms with Crippen molar-refractivity contribution in [1.29, 1.82) is 0 Å². The average molecular weight is 272 g/mol. The van der Waals surface area contributed by atoms with Gasteiger partial charge in [-0.25, -0.2) is 0 Å². The van der Waals surface area contributed by atoms with Crippen molar-refractivity contribution in [2.45, 2.75) is 20.3 Å². The Morgan fingerprint density at radius 2 is 2.15 bits per heavy atom. The highest BCUT2D eigenvalue weighted by atomic mass is 16.5. The predicted octanol–water partition coefficient (Wildman–Crippen LogP) is 2.50. The van der Waals surface area contributed by atoms with Crippen molar-refractivity contribution in [3.63, 3.8) is 0 Å². The molecule has 1 aromatic heterocycles. The molecule has 3 rings (SSSR count). The molecule has 0 amide bonds. The van der Waals surface area contributed by atoms with Gasteiger partial charge < -0.3 is 14.6 Å². The molecule has 1 aromatic carbocycles. The normalized spacial score (nSPS) is 13.8. The molecule has 20 heavy (non-hydrogen) atoms. The first-order valence-corrected chi connectivity index (χ1v) is 6.50. The summed E-state index contributed by atoms with van der Waals surface area (Å²) in [6, 6.07) is 3.92. The van der Waals surface area contributed by atoms with E-state index in [0.29, 0.717) is 13.0 Å². The van der Waals surface area contributed by atoms with Gasteiger partial charge in [-0.15, -0.1) is 0 Å². The lowest BCUT2D eigenvalue weighted by Crippen LogP contribution is -2.22. The smallest absolute Gasteiger partial charge is 0.156 e. The van der Waals surface area contributed by atoms with E-state index in [1.165, 1.54) is 0 Å². The Morgan fingerprint density at radius 1 is 1.35 bits per heavy atom. The number of benzene rings is 1. The zero-order valence-electron chi connectivity index (χ0n) is 11.7. The summed E-state index contributed by atoms with van der Waals surface area (Å²) < 4.78 is 10.7.